The number of anilines is 2. The summed E-state index contributed by atoms with van der Waals surface area (Å²) < 4.78 is 10.7. The smallest absolute Gasteiger partial charge is 0.338 e. The first kappa shape index (κ1) is 23.3. The van der Waals surface area contributed by atoms with E-state index in [1.165, 1.54) is 0 Å². The lowest BCUT2D eigenvalue weighted by Crippen LogP contribution is -2.28. The van der Waals surface area contributed by atoms with Crippen molar-refractivity contribution in [3.05, 3.63) is 54.1 Å². The topological polar surface area (TPSA) is 84.9 Å². The highest BCUT2D eigenvalue weighted by Crippen LogP contribution is 2.27. The van der Waals surface area contributed by atoms with E-state index in [0.29, 0.717) is 31.0 Å². The molecule has 2 amide bonds. The molecule has 0 aliphatic carbocycles. The van der Waals surface area contributed by atoms with Gasteiger partial charge in [-0.1, -0.05) is 19.8 Å². The van der Waals surface area contributed by atoms with E-state index < -0.39 is 5.92 Å². The van der Waals surface area contributed by atoms with E-state index in [2.05, 4.69) is 12.2 Å². The zero-order valence-electron chi connectivity index (χ0n) is 18.6. The molecule has 1 heterocycles. The Bertz CT molecular complexity index is 924. The van der Waals surface area contributed by atoms with E-state index in [1.54, 1.807) is 29.2 Å². The Morgan fingerprint density at radius 2 is 1.75 bits per heavy atom. The molecule has 170 valence electrons. The van der Waals surface area contributed by atoms with Crippen LogP contribution >= 0.6 is 0 Å². The molecule has 7 heteroatoms. The van der Waals surface area contributed by atoms with Gasteiger partial charge in [0.1, 0.15) is 5.75 Å². The lowest BCUT2D eigenvalue weighted by molar-refractivity contribution is -0.122. The number of nitrogens with zero attached hydrogens (tertiary/aromatic N) is 1. The van der Waals surface area contributed by atoms with E-state index in [-0.39, 0.29) is 24.2 Å². The van der Waals surface area contributed by atoms with Crippen LogP contribution < -0.4 is 15.0 Å². The Morgan fingerprint density at radius 3 is 2.41 bits per heavy atom. The minimum absolute atomic E-state index is 0.0875. The number of nitrogens with one attached hydrogen (secondary N) is 1. The standard InChI is InChI=1S/C25H30N2O5/c1-3-5-6-15-32-25(30)18-7-9-20(10-8-18)26-24(29)19-16-23(28)27(17-19)21-11-13-22(14-12-21)31-4-2/h7-14,19H,3-6,15-17H2,1-2H3,(H,26,29)/t19-/m1/s1. The van der Waals surface area contributed by atoms with Crippen LogP contribution in [0.3, 0.4) is 0 Å². The second kappa shape index (κ2) is 11.3. The van der Waals surface area contributed by atoms with Crippen LogP contribution in [-0.4, -0.2) is 37.5 Å². The minimum atomic E-state index is -0.447. The number of unbranched alkanes of at least 4 members (excludes halogenated alkanes) is 2. The molecule has 1 atom stereocenters. The molecule has 0 unspecified atom stereocenters. The van der Waals surface area contributed by atoms with Gasteiger partial charge < -0.3 is 19.7 Å². The molecule has 32 heavy (non-hydrogen) atoms. The molecule has 3 rings (SSSR count). The average Bonchev–Trinajstić information content (AvgIpc) is 3.19. The zero-order valence-corrected chi connectivity index (χ0v) is 18.6. The maximum absolute atomic E-state index is 12.7. The quantitative estimate of drug-likeness (QED) is 0.438. The molecule has 2 aromatic rings. The number of carbonyl (C=O) groups is 3. The number of esters is 1. The Morgan fingerprint density at radius 1 is 1.03 bits per heavy atom. The summed E-state index contributed by atoms with van der Waals surface area (Å²) >= 11 is 0. The normalized spacial score (nSPS) is 15.5. The van der Waals surface area contributed by atoms with E-state index in [4.69, 9.17) is 9.47 Å². The van der Waals surface area contributed by atoms with Gasteiger partial charge in [-0.25, -0.2) is 4.79 Å². The van der Waals surface area contributed by atoms with Crippen molar-refractivity contribution < 1.29 is 23.9 Å². The second-order valence-corrected chi connectivity index (χ2v) is 7.74. The lowest BCUT2D eigenvalue weighted by Gasteiger charge is -2.17. The van der Waals surface area contributed by atoms with Crippen LogP contribution in [0.5, 0.6) is 5.75 Å². The molecular formula is C25H30N2O5. The molecule has 0 aromatic heterocycles. The van der Waals surface area contributed by atoms with Crippen LogP contribution in [0.2, 0.25) is 0 Å². The molecule has 1 aliphatic rings. The molecule has 0 spiro atoms. The van der Waals surface area contributed by atoms with Gasteiger partial charge >= 0.3 is 5.97 Å². The maximum Gasteiger partial charge on any atom is 0.338 e. The number of rotatable bonds is 10. The van der Waals surface area contributed by atoms with Crippen LogP contribution in [0.4, 0.5) is 11.4 Å². The highest BCUT2D eigenvalue weighted by atomic mass is 16.5. The third kappa shape index (κ3) is 6.09. The van der Waals surface area contributed by atoms with Crippen molar-refractivity contribution in [3.63, 3.8) is 0 Å². The van der Waals surface area contributed by atoms with E-state index in [9.17, 15) is 14.4 Å². The molecule has 0 radical (unpaired) electrons. The summed E-state index contributed by atoms with van der Waals surface area (Å²) in [6.45, 7) is 5.31. The third-order valence-electron chi connectivity index (χ3n) is 5.32. The maximum atomic E-state index is 12.7. The van der Waals surface area contributed by atoms with Crippen molar-refractivity contribution in [2.75, 3.05) is 30.0 Å². The van der Waals surface area contributed by atoms with Crippen molar-refractivity contribution in [2.45, 2.75) is 39.5 Å². The van der Waals surface area contributed by atoms with Gasteiger partial charge in [0.25, 0.3) is 0 Å². The number of amides is 2. The predicted molar refractivity (Wildman–Crippen MR) is 123 cm³/mol. The Kier molecular flexibility index (Phi) is 8.25. The van der Waals surface area contributed by atoms with Crippen LogP contribution in [0, 0.1) is 5.92 Å². The minimum Gasteiger partial charge on any atom is -0.494 e. The molecule has 0 saturated carbocycles. The second-order valence-electron chi connectivity index (χ2n) is 7.74. The van der Waals surface area contributed by atoms with Crippen molar-refractivity contribution in [3.8, 4) is 5.75 Å². The average molecular weight is 439 g/mol. The number of benzene rings is 2. The van der Waals surface area contributed by atoms with E-state index in [0.717, 1.165) is 30.7 Å². The van der Waals surface area contributed by atoms with Gasteiger partial charge in [-0.2, -0.15) is 0 Å². The Balaban J connectivity index is 1.53. The summed E-state index contributed by atoms with van der Waals surface area (Å²) in [4.78, 5) is 38.8. The molecule has 1 aliphatic heterocycles. The Labute approximate surface area is 188 Å². The molecule has 0 bridgehead atoms. The van der Waals surface area contributed by atoms with Gasteiger partial charge in [0, 0.05) is 24.3 Å². The first-order valence-electron chi connectivity index (χ1n) is 11.1. The van der Waals surface area contributed by atoms with Crippen LogP contribution in [0.1, 0.15) is 49.9 Å². The SMILES string of the molecule is CCCCCOC(=O)c1ccc(NC(=O)[C@@H]2CC(=O)N(c3ccc(OCC)cc3)C2)cc1. The summed E-state index contributed by atoms with van der Waals surface area (Å²) in [5.41, 5.74) is 1.76. The van der Waals surface area contributed by atoms with Gasteiger partial charge in [-0.15, -0.1) is 0 Å². The van der Waals surface area contributed by atoms with Crippen molar-refractivity contribution >= 4 is 29.2 Å². The summed E-state index contributed by atoms with van der Waals surface area (Å²) in [7, 11) is 0. The number of carbonyl (C=O) groups excluding carboxylic acids is 3. The summed E-state index contributed by atoms with van der Waals surface area (Å²) in [6, 6.07) is 13.9. The molecule has 1 fully saturated rings. The highest BCUT2D eigenvalue weighted by Gasteiger charge is 2.35. The van der Waals surface area contributed by atoms with Gasteiger partial charge in [0.05, 0.1) is 24.7 Å². The van der Waals surface area contributed by atoms with Crippen molar-refractivity contribution in [2.24, 2.45) is 5.92 Å². The molecular weight excluding hydrogens is 408 g/mol. The highest BCUT2D eigenvalue weighted by molar-refractivity contribution is 6.03. The van der Waals surface area contributed by atoms with Crippen molar-refractivity contribution in [1.82, 2.24) is 0 Å². The van der Waals surface area contributed by atoms with E-state index in [1.807, 2.05) is 31.2 Å². The first-order valence-corrected chi connectivity index (χ1v) is 11.1. The first-order chi connectivity index (χ1) is 15.5. The van der Waals surface area contributed by atoms with Gasteiger partial charge in [-0.05, 0) is 61.9 Å². The van der Waals surface area contributed by atoms with E-state index >= 15 is 0 Å². The molecule has 2 aromatic carbocycles. The largest absolute Gasteiger partial charge is 0.494 e. The lowest BCUT2D eigenvalue weighted by atomic mass is 10.1. The summed E-state index contributed by atoms with van der Waals surface area (Å²) in [5.74, 6) is -0.383. The van der Waals surface area contributed by atoms with Gasteiger partial charge in [0.15, 0.2) is 0 Å². The molecule has 1 N–H and O–H groups in total. The Hall–Kier alpha value is -3.35. The van der Waals surface area contributed by atoms with Gasteiger partial charge in [-0.3, -0.25) is 9.59 Å². The summed E-state index contributed by atoms with van der Waals surface area (Å²) in [6.07, 6.45) is 3.10. The monoisotopic (exact) mass is 438 g/mol. The fraction of sp³-hybridized carbons (Fsp3) is 0.400. The molecule has 7 nitrogen and oxygen atoms in total. The summed E-state index contributed by atoms with van der Waals surface area (Å²) in [5, 5.41) is 2.84. The van der Waals surface area contributed by atoms with Crippen LogP contribution in [0.15, 0.2) is 48.5 Å². The third-order valence-corrected chi connectivity index (χ3v) is 5.32. The van der Waals surface area contributed by atoms with Crippen molar-refractivity contribution in [1.29, 1.82) is 0 Å². The fourth-order valence-electron chi connectivity index (χ4n) is 3.56. The number of hydrogen-bond acceptors (Lipinski definition) is 5. The zero-order chi connectivity index (χ0) is 22.9. The fourth-order valence-corrected chi connectivity index (χ4v) is 3.56. The van der Waals surface area contributed by atoms with Crippen LogP contribution in [0.25, 0.3) is 0 Å². The number of ether oxygens (including phenoxy) is 2. The van der Waals surface area contributed by atoms with Crippen LogP contribution in [-0.2, 0) is 14.3 Å². The van der Waals surface area contributed by atoms with Gasteiger partial charge in [0.2, 0.25) is 11.8 Å². The predicted octanol–water partition coefficient (Wildman–Crippen LogP) is 4.42. The number of hydrogen-bond donors (Lipinski definition) is 1. The molecule has 1 saturated heterocycles.